The van der Waals surface area contributed by atoms with Gasteiger partial charge in [0.2, 0.25) is 10.0 Å². The van der Waals surface area contributed by atoms with Gasteiger partial charge >= 0.3 is 0 Å². The number of para-hydroxylation sites is 1. The van der Waals surface area contributed by atoms with Gasteiger partial charge in [-0.05, 0) is 48.5 Å². The van der Waals surface area contributed by atoms with E-state index in [1.807, 2.05) is 30.3 Å². The number of thiophene rings is 1. The number of aromatic nitrogens is 1. The lowest BCUT2D eigenvalue weighted by Crippen LogP contribution is -2.34. The molecule has 160 valence electrons. The van der Waals surface area contributed by atoms with E-state index in [9.17, 15) is 13.2 Å². The van der Waals surface area contributed by atoms with E-state index in [0.29, 0.717) is 10.6 Å². The largest absolute Gasteiger partial charge is 0.497 e. The van der Waals surface area contributed by atoms with Crippen molar-refractivity contribution in [2.75, 3.05) is 20.2 Å². The maximum Gasteiger partial charge on any atom is 0.261 e. The smallest absolute Gasteiger partial charge is 0.261 e. The lowest BCUT2D eigenvalue weighted by atomic mass is 10.3. The molecule has 4 rings (SSSR count). The van der Waals surface area contributed by atoms with Gasteiger partial charge in [-0.2, -0.15) is 0 Å². The van der Waals surface area contributed by atoms with E-state index < -0.39 is 10.0 Å². The van der Waals surface area contributed by atoms with E-state index >= 15 is 0 Å². The number of amides is 1. The fourth-order valence-corrected chi connectivity index (χ4v) is 5.81. The van der Waals surface area contributed by atoms with Crippen molar-refractivity contribution in [1.29, 1.82) is 0 Å². The van der Waals surface area contributed by atoms with Crippen LogP contribution in [0.3, 0.4) is 0 Å². The van der Waals surface area contributed by atoms with Crippen molar-refractivity contribution in [2.24, 2.45) is 0 Å². The maximum atomic E-state index is 12.4. The molecule has 0 saturated heterocycles. The third-order valence-electron chi connectivity index (χ3n) is 4.41. The van der Waals surface area contributed by atoms with Gasteiger partial charge in [0.25, 0.3) is 5.91 Å². The minimum absolute atomic E-state index is 0.0796. The van der Waals surface area contributed by atoms with Crippen LogP contribution in [0, 0.1) is 0 Å². The van der Waals surface area contributed by atoms with Crippen LogP contribution in [-0.2, 0) is 10.0 Å². The highest BCUT2D eigenvalue weighted by atomic mass is 32.2. The Morgan fingerprint density at radius 1 is 1.00 bits per heavy atom. The molecule has 0 aliphatic carbocycles. The first-order valence-electron chi connectivity index (χ1n) is 9.34. The first-order chi connectivity index (χ1) is 15.0. The molecule has 0 radical (unpaired) electrons. The second kappa shape index (κ2) is 9.15. The molecule has 7 nitrogen and oxygen atoms in total. The number of thiazole rings is 1. The number of hydrogen-bond donors (Lipinski definition) is 2. The van der Waals surface area contributed by atoms with E-state index in [2.05, 4.69) is 15.0 Å². The first kappa shape index (κ1) is 21.4. The number of carbonyl (C=O) groups is 1. The van der Waals surface area contributed by atoms with Gasteiger partial charge in [-0.15, -0.1) is 22.7 Å². The Hall–Kier alpha value is -2.79. The van der Waals surface area contributed by atoms with Crippen molar-refractivity contribution < 1.29 is 17.9 Å². The van der Waals surface area contributed by atoms with Crippen LogP contribution >= 0.6 is 22.7 Å². The molecule has 4 aromatic rings. The van der Waals surface area contributed by atoms with E-state index in [-0.39, 0.29) is 23.9 Å². The maximum absolute atomic E-state index is 12.4. The van der Waals surface area contributed by atoms with Crippen LogP contribution < -0.4 is 14.8 Å². The predicted octanol–water partition coefficient (Wildman–Crippen LogP) is 3.74. The molecule has 0 spiro atoms. The van der Waals surface area contributed by atoms with Crippen LogP contribution in [0.15, 0.2) is 65.6 Å². The topological polar surface area (TPSA) is 97.4 Å². The molecule has 0 bridgehead atoms. The summed E-state index contributed by atoms with van der Waals surface area (Å²) in [5.41, 5.74) is 0.936. The number of benzene rings is 2. The Labute approximate surface area is 187 Å². The summed E-state index contributed by atoms with van der Waals surface area (Å²) in [5, 5.41) is 3.61. The van der Waals surface area contributed by atoms with Crippen LogP contribution in [0.5, 0.6) is 5.75 Å². The summed E-state index contributed by atoms with van der Waals surface area (Å²) >= 11 is 2.94. The Bertz CT molecular complexity index is 1280. The fourth-order valence-electron chi connectivity index (χ4n) is 2.84. The number of fused-ring (bicyclic) bond motifs is 1. The standard InChI is InChI=1S/C21H19N3O4S3/c1-28-14-6-8-15(9-7-14)31(26,27)23-13-12-22-20(25)18-10-11-19(29-18)21-24-16-4-2-3-5-17(16)30-21/h2-11,23H,12-13H2,1H3,(H,22,25). The summed E-state index contributed by atoms with van der Waals surface area (Å²) in [6, 6.07) is 17.6. The number of nitrogens with one attached hydrogen (secondary N) is 2. The summed E-state index contributed by atoms with van der Waals surface area (Å²) < 4.78 is 33.2. The molecule has 0 atom stereocenters. The van der Waals surface area contributed by atoms with Gasteiger partial charge in [-0.25, -0.2) is 18.1 Å². The molecule has 2 heterocycles. The van der Waals surface area contributed by atoms with E-state index in [4.69, 9.17) is 4.74 Å². The van der Waals surface area contributed by atoms with Gasteiger partial charge in [-0.1, -0.05) is 12.1 Å². The van der Waals surface area contributed by atoms with Crippen molar-refractivity contribution >= 4 is 48.8 Å². The number of methoxy groups -OCH3 is 1. The molecule has 2 N–H and O–H groups in total. The molecule has 31 heavy (non-hydrogen) atoms. The van der Waals surface area contributed by atoms with Gasteiger partial charge in [0.05, 0.1) is 32.0 Å². The van der Waals surface area contributed by atoms with E-state index in [0.717, 1.165) is 20.1 Å². The van der Waals surface area contributed by atoms with Crippen molar-refractivity contribution in [2.45, 2.75) is 4.90 Å². The summed E-state index contributed by atoms with van der Waals surface area (Å²) in [6.45, 7) is 0.249. The summed E-state index contributed by atoms with van der Waals surface area (Å²) in [5.74, 6) is 0.327. The van der Waals surface area contributed by atoms with Crippen LogP contribution in [-0.4, -0.2) is 39.5 Å². The van der Waals surface area contributed by atoms with E-state index in [1.54, 1.807) is 29.5 Å². The van der Waals surface area contributed by atoms with Crippen molar-refractivity contribution in [1.82, 2.24) is 15.0 Å². The van der Waals surface area contributed by atoms with E-state index in [1.165, 1.54) is 30.6 Å². The molecule has 0 fully saturated rings. The normalized spacial score (nSPS) is 11.5. The molecule has 2 aromatic heterocycles. The average Bonchev–Trinajstić information content (AvgIpc) is 3.44. The first-order valence-corrected chi connectivity index (χ1v) is 12.5. The highest BCUT2D eigenvalue weighted by Gasteiger charge is 2.15. The number of nitrogens with zero attached hydrogens (tertiary/aromatic N) is 1. The minimum Gasteiger partial charge on any atom is -0.497 e. The van der Waals surface area contributed by atoms with Crippen LogP contribution in [0.2, 0.25) is 0 Å². The van der Waals surface area contributed by atoms with Gasteiger partial charge in [-0.3, -0.25) is 4.79 Å². The number of ether oxygens (including phenoxy) is 1. The Morgan fingerprint density at radius 3 is 2.52 bits per heavy atom. The number of hydrogen-bond acceptors (Lipinski definition) is 7. The Morgan fingerprint density at radius 2 is 1.77 bits per heavy atom. The SMILES string of the molecule is COc1ccc(S(=O)(=O)NCCNC(=O)c2ccc(-c3nc4ccccc4s3)s2)cc1. The second-order valence-electron chi connectivity index (χ2n) is 6.48. The van der Waals surface area contributed by atoms with Crippen molar-refractivity contribution in [3.63, 3.8) is 0 Å². The molecule has 1 amide bonds. The molecule has 0 aliphatic heterocycles. The molecule has 10 heteroatoms. The second-order valence-corrected chi connectivity index (χ2v) is 10.4. The highest BCUT2D eigenvalue weighted by Crippen LogP contribution is 2.34. The summed E-state index contributed by atoms with van der Waals surface area (Å²) in [7, 11) is -2.14. The highest BCUT2D eigenvalue weighted by molar-refractivity contribution is 7.89. The van der Waals surface area contributed by atoms with Crippen molar-refractivity contribution in [3.8, 4) is 15.6 Å². The molecule has 0 aliphatic rings. The molecule has 0 unspecified atom stereocenters. The lowest BCUT2D eigenvalue weighted by molar-refractivity contribution is 0.0958. The summed E-state index contributed by atoms with van der Waals surface area (Å²) in [4.78, 5) is 18.6. The van der Waals surface area contributed by atoms with Crippen LogP contribution in [0.4, 0.5) is 0 Å². The minimum atomic E-state index is -3.65. The molecular weight excluding hydrogens is 454 g/mol. The van der Waals surface area contributed by atoms with Crippen LogP contribution in [0.1, 0.15) is 9.67 Å². The third-order valence-corrected chi connectivity index (χ3v) is 8.17. The number of rotatable bonds is 8. The van der Waals surface area contributed by atoms with Crippen molar-refractivity contribution in [3.05, 3.63) is 65.5 Å². The van der Waals surface area contributed by atoms with Gasteiger partial charge < -0.3 is 10.1 Å². The molecule has 0 saturated carbocycles. The van der Waals surface area contributed by atoms with Gasteiger partial charge in [0, 0.05) is 13.1 Å². The zero-order valence-corrected chi connectivity index (χ0v) is 18.9. The Kier molecular flexibility index (Phi) is 6.33. The molecule has 2 aromatic carbocycles. The quantitative estimate of drug-likeness (QED) is 0.380. The number of sulfonamides is 1. The summed E-state index contributed by atoms with van der Waals surface area (Å²) in [6.07, 6.45) is 0. The Balaban J connectivity index is 1.32. The molecular formula is C21H19N3O4S3. The lowest BCUT2D eigenvalue weighted by Gasteiger charge is -2.08. The fraction of sp³-hybridized carbons (Fsp3) is 0.143. The predicted molar refractivity (Wildman–Crippen MR) is 123 cm³/mol. The average molecular weight is 474 g/mol. The zero-order chi connectivity index (χ0) is 21.8. The monoisotopic (exact) mass is 473 g/mol. The number of carbonyl (C=O) groups excluding carboxylic acids is 1. The zero-order valence-electron chi connectivity index (χ0n) is 16.5. The van der Waals surface area contributed by atoms with Gasteiger partial charge in [0.1, 0.15) is 10.8 Å². The van der Waals surface area contributed by atoms with Crippen LogP contribution in [0.25, 0.3) is 20.1 Å². The third kappa shape index (κ3) is 4.93. The van der Waals surface area contributed by atoms with Gasteiger partial charge in [0.15, 0.2) is 0 Å².